The number of nitrogens with one attached hydrogen (secondary N) is 1. The number of hydrogen-bond acceptors (Lipinski definition) is 5. The number of phenols is 1. The molecule has 118 valence electrons. The van der Waals surface area contributed by atoms with E-state index in [1.807, 2.05) is 6.92 Å². The lowest BCUT2D eigenvalue weighted by Gasteiger charge is -2.05. The maximum absolute atomic E-state index is 12.0. The summed E-state index contributed by atoms with van der Waals surface area (Å²) < 4.78 is 0. The van der Waals surface area contributed by atoms with Gasteiger partial charge in [0.1, 0.15) is 5.75 Å². The summed E-state index contributed by atoms with van der Waals surface area (Å²) in [5.74, 6) is -0.386. The molecule has 7 heteroatoms. The number of rotatable bonds is 5. The van der Waals surface area contributed by atoms with Crippen molar-refractivity contribution in [3.63, 3.8) is 0 Å². The van der Waals surface area contributed by atoms with Gasteiger partial charge in [0, 0.05) is 17.7 Å². The minimum absolute atomic E-state index is 0.143. The fourth-order valence-electron chi connectivity index (χ4n) is 1.95. The predicted octanol–water partition coefficient (Wildman–Crippen LogP) is 2.84. The number of carbonyl (C=O) groups excluding carboxylic acids is 1. The van der Waals surface area contributed by atoms with E-state index in [2.05, 4.69) is 10.5 Å². The second-order valence-electron chi connectivity index (χ2n) is 4.71. The Morgan fingerprint density at radius 2 is 1.91 bits per heavy atom. The topological polar surface area (TPSA) is 105 Å². The lowest BCUT2D eigenvalue weighted by molar-refractivity contribution is -0.384. The standard InChI is InChI=1S/C16H15N3O4/c1-2-15(11-6-8-14(20)9-7-11)17-18-16(21)12-4-3-5-13(10-12)19(22)23/h3-10,20H,2H2,1H3,(H,18,21). The SMILES string of the molecule is CCC(=NNC(=O)c1cccc([N+](=O)[O-])c1)c1ccc(O)cc1. The number of benzene rings is 2. The first kappa shape index (κ1) is 16.2. The van der Waals surface area contributed by atoms with Crippen LogP contribution in [0.15, 0.2) is 53.6 Å². The number of hydrazone groups is 1. The molecule has 0 aliphatic rings. The second-order valence-corrected chi connectivity index (χ2v) is 4.71. The molecular formula is C16H15N3O4. The smallest absolute Gasteiger partial charge is 0.271 e. The fraction of sp³-hybridized carbons (Fsp3) is 0.125. The average molecular weight is 313 g/mol. The Kier molecular flexibility index (Phi) is 5.03. The minimum Gasteiger partial charge on any atom is -0.508 e. The van der Waals surface area contributed by atoms with Crippen LogP contribution in [0.2, 0.25) is 0 Å². The fourth-order valence-corrected chi connectivity index (χ4v) is 1.95. The van der Waals surface area contributed by atoms with Crippen LogP contribution in [-0.2, 0) is 0 Å². The van der Waals surface area contributed by atoms with E-state index in [1.165, 1.54) is 36.4 Å². The van der Waals surface area contributed by atoms with Crippen LogP contribution in [-0.4, -0.2) is 21.6 Å². The lowest BCUT2D eigenvalue weighted by Crippen LogP contribution is -2.20. The number of amides is 1. The molecule has 0 aliphatic heterocycles. The Balaban J connectivity index is 2.16. The van der Waals surface area contributed by atoms with Crippen LogP contribution in [0.3, 0.4) is 0 Å². The van der Waals surface area contributed by atoms with Crippen LogP contribution in [0, 0.1) is 10.1 Å². The third-order valence-corrected chi connectivity index (χ3v) is 3.15. The maximum atomic E-state index is 12.0. The van der Waals surface area contributed by atoms with Crippen molar-refractivity contribution in [3.8, 4) is 5.75 Å². The molecule has 0 bridgehead atoms. The van der Waals surface area contributed by atoms with E-state index < -0.39 is 10.8 Å². The summed E-state index contributed by atoms with van der Waals surface area (Å²) in [5, 5.41) is 24.1. The molecule has 0 radical (unpaired) electrons. The van der Waals surface area contributed by atoms with Gasteiger partial charge in [-0.2, -0.15) is 5.10 Å². The van der Waals surface area contributed by atoms with Crippen molar-refractivity contribution >= 4 is 17.3 Å². The van der Waals surface area contributed by atoms with Gasteiger partial charge in [-0.05, 0) is 42.3 Å². The van der Waals surface area contributed by atoms with Gasteiger partial charge in [-0.1, -0.05) is 13.0 Å². The Bertz CT molecular complexity index is 754. The number of nitrogens with zero attached hydrogens (tertiary/aromatic N) is 2. The molecule has 2 aromatic carbocycles. The van der Waals surface area contributed by atoms with Crippen molar-refractivity contribution in [1.29, 1.82) is 0 Å². The quantitative estimate of drug-likeness (QED) is 0.503. The van der Waals surface area contributed by atoms with Crippen LogP contribution in [0.25, 0.3) is 0 Å². The normalized spacial score (nSPS) is 11.1. The minimum atomic E-state index is -0.562. The van der Waals surface area contributed by atoms with Crippen LogP contribution in [0.1, 0.15) is 29.3 Å². The number of nitro groups is 1. The Morgan fingerprint density at radius 3 is 2.52 bits per heavy atom. The molecule has 0 unspecified atom stereocenters. The van der Waals surface area contributed by atoms with E-state index in [0.29, 0.717) is 12.1 Å². The first-order valence-corrected chi connectivity index (χ1v) is 6.92. The van der Waals surface area contributed by atoms with Gasteiger partial charge in [-0.15, -0.1) is 0 Å². The van der Waals surface area contributed by atoms with Gasteiger partial charge in [0.05, 0.1) is 10.6 Å². The molecule has 0 heterocycles. The molecule has 0 aliphatic carbocycles. The molecule has 0 spiro atoms. The number of phenolic OH excluding ortho intramolecular Hbond substituents is 1. The molecule has 0 fully saturated rings. The number of carbonyl (C=O) groups is 1. The van der Waals surface area contributed by atoms with Gasteiger partial charge in [0.25, 0.3) is 11.6 Å². The Labute approximate surface area is 132 Å². The summed E-state index contributed by atoms with van der Waals surface area (Å²) in [6.45, 7) is 1.88. The van der Waals surface area contributed by atoms with Crippen LogP contribution in [0.5, 0.6) is 5.75 Å². The maximum Gasteiger partial charge on any atom is 0.271 e. The number of aromatic hydroxyl groups is 1. The highest BCUT2D eigenvalue weighted by Crippen LogP contribution is 2.14. The monoisotopic (exact) mass is 313 g/mol. The first-order chi connectivity index (χ1) is 11.0. The molecular weight excluding hydrogens is 298 g/mol. The van der Waals surface area contributed by atoms with Gasteiger partial charge >= 0.3 is 0 Å². The zero-order chi connectivity index (χ0) is 16.8. The van der Waals surface area contributed by atoms with Crippen molar-refractivity contribution in [2.75, 3.05) is 0 Å². The van der Waals surface area contributed by atoms with Gasteiger partial charge in [0.2, 0.25) is 0 Å². The third-order valence-electron chi connectivity index (χ3n) is 3.15. The first-order valence-electron chi connectivity index (χ1n) is 6.92. The zero-order valence-corrected chi connectivity index (χ0v) is 12.4. The molecule has 2 aromatic rings. The molecule has 0 saturated carbocycles. The van der Waals surface area contributed by atoms with E-state index in [0.717, 1.165) is 5.56 Å². The summed E-state index contributed by atoms with van der Waals surface area (Å²) in [6, 6.07) is 11.9. The number of non-ortho nitro benzene ring substituents is 1. The lowest BCUT2D eigenvalue weighted by atomic mass is 10.1. The Hall–Kier alpha value is -3.22. The molecule has 1 amide bonds. The molecule has 2 N–H and O–H groups in total. The molecule has 23 heavy (non-hydrogen) atoms. The molecule has 0 saturated heterocycles. The highest BCUT2D eigenvalue weighted by Gasteiger charge is 2.11. The summed E-state index contributed by atoms with van der Waals surface area (Å²) in [4.78, 5) is 22.2. The summed E-state index contributed by atoms with van der Waals surface area (Å²) >= 11 is 0. The van der Waals surface area contributed by atoms with Gasteiger partial charge < -0.3 is 5.11 Å². The largest absolute Gasteiger partial charge is 0.508 e. The van der Waals surface area contributed by atoms with Gasteiger partial charge in [-0.3, -0.25) is 14.9 Å². The summed E-state index contributed by atoms with van der Waals surface area (Å²) in [5.41, 5.74) is 3.79. The second kappa shape index (κ2) is 7.17. The van der Waals surface area contributed by atoms with Gasteiger partial charge in [0.15, 0.2) is 0 Å². The molecule has 0 aromatic heterocycles. The van der Waals surface area contributed by atoms with E-state index in [9.17, 15) is 20.0 Å². The zero-order valence-electron chi connectivity index (χ0n) is 12.4. The average Bonchev–Trinajstić information content (AvgIpc) is 2.56. The molecule has 7 nitrogen and oxygen atoms in total. The summed E-state index contributed by atoms with van der Waals surface area (Å²) in [7, 11) is 0. The van der Waals surface area contributed by atoms with Crippen molar-refractivity contribution in [3.05, 3.63) is 69.8 Å². The number of hydrogen-bond donors (Lipinski definition) is 2. The van der Waals surface area contributed by atoms with Crippen molar-refractivity contribution in [1.82, 2.24) is 5.43 Å². The summed E-state index contributed by atoms with van der Waals surface area (Å²) in [6.07, 6.45) is 0.569. The highest BCUT2D eigenvalue weighted by molar-refractivity contribution is 6.02. The number of nitro benzene ring substituents is 1. The van der Waals surface area contributed by atoms with Gasteiger partial charge in [-0.25, -0.2) is 5.43 Å². The third kappa shape index (κ3) is 4.13. The van der Waals surface area contributed by atoms with Crippen molar-refractivity contribution < 1.29 is 14.8 Å². The van der Waals surface area contributed by atoms with E-state index >= 15 is 0 Å². The van der Waals surface area contributed by atoms with Crippen molar-refractivity contribution in [2.24, 2.45) is 5.10 Å². The van der Waals surface area contributed by atoms with Crippen molar-refractivity contribution in [2.45, 2.75) is 13.3 Å². The molecule has 0 atom stereocenters. The van der Waals surface area contributed by atoms with E-state index in [-0.39, 0.29) is 17.0 Å². The highest BCUT2D eigenvalue weighted by atomic mass is 16.6. The van der Waals surface area contributed by atoms with Crippen LogP contribution < -0.4 is 5.43 Å². The van der Waals surface area contributed by atoms with E-state index in [1.54, 1.807) is 12.1 Å². The Morgan fingerprint density at radius 1 is 1.22 bits per heavy atom. The molecule has 2 rings (SSSR count). The predicted molar refractivity (Wildman–Crippen MR) is 85.5 cm³/mol. The van der Waals surface area contributed by atoms with E-state index in [4.69, 9.17) is 0 Å². The van der Waals surface area contributed by atoms with Crippen LogP contribution in [0.4, 0.5) is 5.69 Å². The van der Waals surface area contributed by atoms with Crippen LogP contribution >= 0.6 is 0 Å².